The minimum absolute atomic E-state index is 0.0411. The summed E-state index contributed by atoms with van der Waals surface area (Å²) in [5, 5.41) is 17.9. The van der Waals surface area contributed by atoms with Crippen LogP contribution in [0.3, 0.4) is 0 Å². The second-order valence-electron chi connectivity index (χ2n) is 4.78. The predicted molar refractivity (Wildman–Crippen MR) is 88.2 cm³/mol. The van der Waals surface area contributed by atoms with Crippen molar-refractivity contribution in [3.63, 3.8) is 0 Å². The van der Waals surface area contributed by atoms with E-state index in [4.69, 9.17) is 38.5 Å². The van der Waals surface area contributed by atoms with Gasteiger partial charge in [0.15, 0.2) is 6.61 Å². The zero-order chi connectivity index (χ0) is 17.9. The Hall–Kier alpha value is -2.28. The summed E-state index contributed by atoms with van der Waals surface area (Å²) in [6.07, 6.45) is 0.253. The molecule has 0 atom stereocenters. The van der Waals surface area contributed by atoms with Gasteiger partial charge >= 0.3 is 5.97 Å². The van der Waals surface area contributed by atoms with Gasteiger partial charge in [-0.05, 0) is 17.7 Å². The van der Waals surface area contributed by atoms with Crippen LogP contribution in [0.25, 0.3) is 0 Å². The molecule has 8 heteroatoms. The number of nitriles is 2. The van der Waals surface area contributed by atoms with E-state index in [-0.39, 0.29) is 32.4 Å². The lowest BCUT2D eigenvalue weighted by Crippen LogP contribution is -2.36. The molecule has 0 spiro atoms. The minimum Gasteiger partial charge on any atom is -0.455 e. The standard InChI is InChI=1S/C16H15Cl2N3O3/c17-13-4-3-12(9-14(13)18)10-16(23)24-11-15(22)21(7-1-5-19)8-2-6-20/h3-4,9H,1-2,7-8,10-11H2. The van der Waals surface area contributed by atoms with Gasteiger partial charge < -0.3 is 9.64 Å². The molecule has 0 N–H and O–H groups in total. The molecule has 0 aliphatic rings. The first-order valence-corrected chi connectivity index (χ1v) is 7.84. The van der Waals surface area contributed by atoms with E-state index < -0.39 is 18.5 Å². The van der Waals surface area contributed by atoms with Gasteiger partial charge in [0.05, 0.1) is 41.4 Å². The number of halogens is 2. The molecule has 0 bridgehead atoms. The molecule has 0 fully saturated rings. The van der Waals surface area contributed by atoms with Crippen LogP contribution in [0.5, 0.6) is 0 Å². The van der Waals surface area contributed by atoms with Crippen LogP contribution in [-0.4, -0.2) is 36.5 Å². The molecule has 0 saturated carbocycles. The number of benzene rings is 1. The van der Waals surface area contributed by atoms with Crippen molar-refractivity contribution in [3.8, 4) is 12.1 Å². The molecule has 1 amide bonds. The lowest BCUT2D eigenvalue weighted by molar-refractivity contribution is -0.151. The first kappa shape index (κ1) is 19.8. The third kappa shape index (κ3) is 6.87. The first-order valence-electron chi connectivity index (χ1n) is 7.09. The lowest BCUT2D eigenvalue weighted by atomic mass is 10.1. The number of ether oxygens (including phenoxy) is 1. The molecular formula is C16H15Cl2N3O3. The summed E-state index contributed by atoms with van der Waals surface area (Å²) in [5.41, 5.74) is 0.618. The number of carbonyl (C=O) groups is 2. The van der Waals surface area contributed by atoms with E-state index in [1.165, 1.54) is 4.90 Å². The maximum atomic E-state index is 12.0. The summed E-state index contributed by atoms with van der Waals surface area (Å²) in [6.45, 7) is -0.0419. The Labute approximate surface area is 150 Å². The van der Waals surface area contributed by atoms with Crippen LogP contribution in [-0.2, 0) is 20.7 Å². The van der Waals surface area contributed by atoms with E-state index in [9.17, 15) is 9.59 Å². The smallest absolute Gasteiger partial charge is 0.310 e. The molecule has 0 unspecified atom stereocenters. The molecule has 0 aliphatic carbocycles. The van der Waals surface area contributed by atoms with E-state index >= 15 is 0 Å². The molecule has 0 radical (unpaired) electrons. The van der Waals surface area contributed by atoms with Crippen molar-refractivity contribution in [1.29, 1.82) is 10.5 Å². The Morgan fingerprint density at radius 2 is 1.71 bits per heavy atom. The SMILES string of the molecule is N#CCCN(CCC#N)C(=O)COC(=O)Cc1ccc(Cl)c(Cl)c1. The van der Waals surface area contributed by atoms with Gasteiger partial charge in [0.2, 0.25) is 0 Å². The fourth-order valence-electron chi connectivity index (χ4n) is 1.83. The van der Waals surface area contributed by atoms with Gasteiger partial charge in [-0.15, -0.1) is 0 Å². The van der Waals surface area contributed by atoms with E-state index in [0.29, 0.717) is 15.6 Å². The molecule has 1 rings (SSSR count). The highest BCUT2D eigenvalue weighted by Gasteiger charge is 2.15. The summed E-state index contributed by atoms with van der Waals surface area (Å²) in [7, 11) is 0. The van der Waals surface area contributed by atoms with Gasteiger partial charge in [-0.25, -0.2) is 0 Å². The number of hydrogen-bond acceptors (Lipinski definition) is 5. The first-order chi connectivity index (χ1) is 11.5. The van der Waals surface area contributed by atoms with Crippen molar-refractivity contribution in [2.45, 2.75) is 19.3 Å². The number of rotatable bonds is 8. The molecule has 24 heavy (non-hydrogen) atoms. The number of esters is 1. The van der Waals surface area contributed by atoms with Crippen molar-refractivity contribution in [1.82, 2.24) is 4.90 Å². The van der Waals surface area contributed by atoms with Crippen LogP contribution >= 0.6 is 23.2 Å². The molecule has 126 valence electrons. The molecule has 0 aromatic heterocycles. The average Bonchev–Trinajstić information content (AvgIpc) is 2.56. The van der Waals surface area contributed by atoms with Gasteiger partial charge in [0.1, 0.15) is 0 Å². The van der Waals surface area contributed by atoms with Gasteiger partial charge in [-0.2, -0.15) is 10.5 Å². The summed E-state index contributed by atoms with van der Waals surface area (Å²) in [6, 6.07) is 8.63. The lowest BCUT2D eigenvalue weighted by Gasteiger charge is -2.20. The summed E-state index contributed by atoms with van der Waals surface area (Å²) in [5.74, 6) is -1.02. The van der Waals surface area contributed by atoms with Gasteiger partial charge in [-0.3, -0.25) is 9.59 Å². The normalized spacial score (nSPS) is 9.67. The van der Waals surface area contributed by atoms with Crippen molar-refractivity contribution >= 4 is 35.1 Å². The Kier molecular flexibility index (Phi) is 8.64. The van der Waals surface area contributed by atoms with Gasteiger partial charge in [-0.1, -0.05) is 29.3 Å². The van der Waals surface area contributed by atoms with Crippen molar-refractivity contribution < 1.29 is 14.3 Å². The molecule has 6 nitrogen and oxygen atoms in total. The summed E-state index contributed by atoms with van der Waals surface area (Å²) < 4.78 is 4.95. The van der Waals surface area contributed by atoms with Gasteiger partial charge in [0.25, 0.3) is 5.91 Å². The van der Waals surface area contributed by atoms with E-state index in [2.05, 4.69) is 0 Å². The third-order valence-electron chi connectivity index (χ3n) is 3.03. The second kappa shape index (κ2) is 10.5. The predicted octanol–water partition coefficient (Wildman–Crippen LogP) is 2.74. The molecule has 0 aliphatic heterocycles. The second-order valence-corrected chi connectivity index (χ2v) is 5.60. The quantitative estimate of drug-likeness (QED) is 0.658. The summed E-state index contributed by atoms with van der Waals surface area (Å²) in [4.78, 5) is 25.1. The molecule has 0 saturated heterocycles. The number of amides is 1. The van der Waals surface area contributed by atoms with Crippen molar-refractivity contribution in [2.75, 3.05) is 19.7 Å². The number of nitrogens with zero attached hydrogens (tertiary/aromatic N) is 3. The van der Waals surface area contributed by atoms with Gasteiger partial charge in [0, 0.05) is 13.1 Å². The van der Waals surface area contributed by atoms with Crippen LogP contribution < -0.4 is 0 Å². The highest BCUT2D eigenvalue weighted by molar-refractivity contribution is 6.42. The van der Waals surface area contributed by atoms with Crippen molar-refractivity contribution in [3.05, 3.63) is 33.8 Å². The Bertz CT molecular complexity index is 662. The van der Waals surface area contributed by atoms with Crippen LogP contribution in [0.4, 0.5) is 0 Å². The summed E-state index contributed by atoms with van der Waals surface area (Å²) >= 11 is 11.7. The Morgan fingerprint density at radius 3 is 2.25 bits per heavy atom. The molecule has 1 aromatic rings. The monoisotopic (exact) mass is 367 g/mol. The largest absolute Gasteiger partial charge is 0.455 e. The Balaban J connectivity index is 2.51. The van der Waals surface area contributed by atoms with Crippen LogP contribution in [0.2, 0.25) is 10.0 Å². The van der Waals surface area contributed by atoms with Crippen LogP contribution in [0.15, 0.2) is 18.2 Å². The zero-order valence-corrected chi connectivity index (χ0v) is 14.3. The number of carbonyl (C=O) groups excluding carboxylic acids is 2. The minimum atomic E-state index is -0.581. The molecule has 0 heterocycles. The molecule has 1 aromatic carbocycles. The maximum Gasteiger partial charge on any atom is 0.310 e. The average molecular weight is 368 g/mol. The zero-order valence-electron chi connectivity index (χ0n) is 12.8. The number of hydrogen-bond donors (Lipinski definition) is 0. The van der Waals surface area contributed by atoms with E-state index in [1.807, 2.05) is 12.1 Å². The van der Waals surface area contributed by atoms with E-state index in [1.54, 1.807) is 18.2 Å². The fraction of sp³-hybridized carbons (Fsp3) is 0.375. The van der Waals surface area contributed by atoms with Crippen molar-refractivity contribution in [2.24, 2.45) is 0 Å². The third-order valence-corrected chi connectivity index (χ3v) is 3.77. The Morgan fingerprint density at radius 1 is 1.08 bits per heavy atom. The highest BCUT2D eigenvalue weighted by atomic mass is 35.5. The fourth-order valence-corrected chi connectivity index (χ4v) is 2.15. The van der Waals surface area contributed by atoms with Crippen LogP contribution in [0, 0.1) is 22.7 Å². The maximum absolute atomic E-state index is 12.0. The molecular weight excluding hydrogens is 353 g/mol. The highest BCUT2D eigenvalue weighted by Crippen LogP contribution is 2.22. The van der Waals surface area contributed by atoms with E-state index in [0.717, 1.165) is 0 Å². The topological polar surface area (TPSA) is 94.2 Å². The van der Waals surface area contributed by atoms with Crippen LogP contribution in [0.1, 0.15) is 18.4 Å².